The molecule has 0 aromatic carbocycles. The van der Waals surface area contributed by atoms with Crippen molar-refractivity contribution >= 4 is 5.78 Å². The minimum Gasteiger partial charge on any atom is -0.300 e. The Labute approximate surface area is 97.8 Å². The predicted molar refractivity (Wildman–Crippen MR) is 65.4 cm³/mol. The number of nitrogens with zero attached hydrogens (tertiary/aromatic N) is 2. The summed E-state index contributed by atoms with van der Waals surface area (Å²) < 4.78 is 2.02. The number of ketones is 1. The van der Waals surface area contributed by atoms with Gasteiger partial charge in [0.25, 0.3) is 0 Å². The van der Waals surface area contributed by atoms with E-state index in [-0.39, 0.29) is 11.7 Å². The standard InChI is InChI=1S/C13H22N2O/c1-5-11(10(4)16)8-13-9-12(6-2)14-15(13)7-3/h9,11H,5-8H2,1-4H3. The summed E-state index contributed by atoms with van der Waals surface area (Å²) in [7, 11) is 0. The number of carbonyl (C=O) groups excluding carboxylic acids is 1. The van der Waals surface area contributed by atoms with Gasteiger partial charge < -0.3 is 0 Å². The Morgan fingerprint density at radius 3 is 2.56 bits per heavy atom. The smallest absolute Gasteiger partial charge is 0.133 e. The lowest BCUT2D eigenvalue weighted by Crippen LogP contribution is -2.15. The summed E-state index contributed by atoms with van der Waals surface area (Å²) in [5.74, 6) is 0.427. The third-order valence-electron chi connectivity index (χ3n) is 3.10. The molecule has 0 radical (unpaired) electrons. The van der Waals surface area contributed by atoms with Gasteiger partial charge in [0.1, 0.15) is 5.78 Å². The Balaban J connectivity index is 2.85. The van der Waals surface area contributed by atoms with Gasteiger partial charge in [-0.1, -0.05) is 13.8 Å². The van der Waals surface area contributed by atoms with E-state index in [9.17, 15) is 4.79 Å². The molecule has 0 amide bonds. The van der Waals surface area contributed by atoms with Crippen LogP contribution in [-0.4, -0.2) is 15.6 Å². The van der Waals surface area contributed by atoms with Crippen LogP contribution in [0.3, 0.4) is 0 Å². The Kier molecular flexibility index (Phi) is 4.71. The highest BCUT2D eigenvalue weighted by Crippen LogP contribution is 2.15. The number of rotatable bonds is 6. The van der Waals surface area contributed by atoms with Crippen molar-refractivity contribution in [2.45, 2.75) is 53.5 Å². The zero-order chi connectivity index (χ0) is 12.1. The number of hydrogen-bond donors (Lipinski definition) is 0. The maximum Gasteiger partial charge on any atom is 0.133 e. The van der Waals surface area contributed by atoms with Crippen molar-refractivity contribution < 1.29 is 4.79 Å². The number of aryl methyl sites for hydroxylation is 2. The van der Waals surface area contributed by atoms with Crippen molar-refractivity contribution in [1.29, 1.82) is 0 Å². The zero-order valence-electron chi connectivity index (χ0n) is 10.8. The van der Waals surface area contributed by atoms with E-state index >= 15 is 0 Å². The molecular weight excluding hydrogens is 200 g/mol. The van der Waals surface area contributed by atoms with E-state index in [1.165, 1.54) is 5.69 Å². The first kappa shape index (κ1) is 12.9. The maximum atomic E-state index is 11.4. The lowest BCUT2D eigenvalue weighted by atomic mass is 9.96. The fourth-order valence-corrected chi connectivity index (χ4v) is 1.95. The molecule has 0 aliphatic heterocycles. The van der Waals surface area contributed by atoms with E-state index in [0.717, 1.165) is 31.5 Å². The van der Waals surface area contributed by atoms with E-state index in [1.54, 1.807) is 6.92 Å². The Morgan fingerprint density at radius 2 is 2.12 bits per heavy atom. The van der Waals surface area contributed by atoms with Crippen LogP contribution < -0.4 is 0 Å². The molecule has 0 saturated carbocycles. The van der Waals surface area contributed by atoms with Crippen LogP contribution >= 0.6 is 0 Å². The minimum absolute atomic E-state index is 0.145. The van der Waals surface area contributed by atoms with Crippen molar-refractivity contribution in [3.63, 3.8) is 0 Å². The molecule has 0 saturated heterocycles. The SMILES string of the molecule is CCc1cc(CC(CC)C(C)=O)n(CC)n1. The van der Waals surface area contributed by atoms with Crippen molar-refractivity contribution in [3.05, 3.63) is 17.5 Å². The highest BCUT2D eigenvalue weighted by molar-refractivity contribution is 5.78. The van der Waals surface area contributed by atoms with E-state index in [1.807, 2.05) is 4.68 Å². The average Bonchev–Trinajstić information content (AvgIpc) is 2.67. The monoisotopic (exact) mass is 222 g/mol. The molecule has 0 bridgehead atoms. The third-order valence-corrected chi connectivity index (χ3v) is 3.10. The highest BCUT2D eigenvalue weighted by atomic mass is 16.1. The first-order chi connectivity index (χ1) is 7.62. The summed E-state index contributed by atoms with van der Waals surface area (Å²) in [6.45, 7) is 8.82. The van der Waals surface area contributed by atoms with Gasteiger partial charge in [0.2, 0.25) is 0 Å². The molecule has 3 nitrogen and oxygen atoms in total. The minimum atomic E-state index is 0.145. The third kappa shape index (κ3) is 2.94. The molecule has 3 heteroatoms. The van der Waals surface area contributed by atoms with Gasteiger partial charge in [-0.15, -0.1) is 0 Å². The Hall–Kier alpha value is -1.12. The quantitative estimate of drug-likeness (QED) is 0.741. The largest absolute Gasteiger partial charge is 0.300 e. The molecule has 0 spiro atoms. The van der Waals surface area contributed by atoms with Crippen molar-refractivity contribution in [2.75, 3.05) is 0 Å². The van der Waals surface area contributed by atoms with Gasteiger partial charge in [-0.2, -0.15) is 5.10 Å². The molecule has 1 rings (SSSR count). The summed E-state index contributed by atoms with van der Waals surface area (Å²) in [4.78, 5) is 11.4. The molecule has 1 heterocycles. The molecule has 16 heavy (non-hydrogen) atoms. The molecule has 1 unspecified atom stereocenters. The number of aromatic nitrogens is 2. The van der Waals surface area contributed by atoms with E-state index in [4.69, 9.17) is 0 Å². The Morgan fingerprint density at radius 1 is 1.44 bits per heavy atom. The molecule has 1 aromatic heterocycles. The summed E-state index contributed by atoms with van der Waals surface area (Å²) in [5, 5.41) is 4.50. The first-order valence-electron chi connectivity index (χ1n) is 6.18. The summed E-state index contributed by atoms with van der Waals surface area (Å²) >= 11 is 0. The second-order valence-corrected chi connectivity index (χ2v) is 4.22. The Bertz CT molecular complexity index is 355. The lowest BCUT2D eigenvalue weighted by Gasteiger charge is -2.11. The predicted octanol–water partition coefficient (Wildman–Crippen LogP) is 2.62. The molecule has 1 atom stereocenters. The summed E-state index contributed by atoms with van der Waals surface area (Å²) in [6.07, 6.45) is 2.69. The average molecular weight is 222 g/mol. The van der Waals surface area contributed by atoms with Gasteiger partial charge in [-0.25, -0.2) is 0 Å². The van der Waals surface area contributed by atoms with Crippen LogP contribution in [0.15, 0.2) is 6.07 Å². The van der Waals surface area contributed by atoms with E-state index in [2.05, 4.69) is 31.9 Å². The van der Waals surface area contributed by atoms with E-state index in [0.29, 0.717) is 0 Å². The van der Waals surface area contributed by atoms with Gasteiger partial charge in [-0.3, -0.25) is 9.48 Å². The normalized spacial score (nSPS) is 12.8. The number of Topliss-reactive ketones (excluding diaryl/α,β-unsaturated/α-hetero) is 1. The van der Waals surface area contributed by atoms with Crippen LogP contribution in [0.4, 0.5) is 0 Å². The zero-order valence-corrected chi connectivity index (χ0v) is 10.8. The first-order valence-corrected chi connectivity index (χ1v) is 6.18. The number of hydrogen-bond acceptors (Lipinski definition) is 2. The van der Waals surface area contributed by atoms with Crippen LogP contribution in [0.1, 0.15) is 45.5 Å². The van der Waals surface area contributed by atoms with Crippen molar-refractivity contribution in [3.8, 4) is 0 Å². The van der Waals surface area contributed by atoms with Gasteiger partial charge in [0, 0.05) is 18.2 Å². The molecule has 90 valence electrons. The van der Waals surface area contributed by atoms with Crippen molar-refractivity contribution in [1.82, 2.24) is 9.78 Å². The fraction of sp³-hybridized carbons (Fsp3) is 0.692. The van der Waals surface area contributed by atoms with Gasteiger partial charge >= 0.3 is 0 Å². The van der Waals surface area contributed by atoms with E-state index < -0.39 is 0 Å². The highest BCUT2D eigenvalue weighted by Gasteiger charge is 2.15. The molecule has 0 aliphatic rings. The molecule has 0 aliphatic carbocycles. The maximum absolute atomic E-state index is 11.4. The van der Waals surface area contributed by atoms with Crippen LogP contribution in [0.25, 0.3) is 0 Å². The summed E-state index contributed by atoms with van der Waals surface area (Å²) in [5.41, 5.74) is 2.32. The molecule has 0 fully saturated rings. The second-order valence-electron chi connectivity index (χ2n) is 4.22. The van der Waals surface area contributed by atoms with Gasteiger partial charge in [0.15, 0.2) is 0 Å². The topological polar surface area (TPSA) is 34.9 Å². The van der Waals surface area contributed by atoms with Gasteiger partial charge in [-0.05, 0) is 39.2 Å². The molecule has 1 aromatic rings. The lowest BCUT2D eigenvalue weighted by molar-refractivity contribution is -0.120. The fourth-order valence-electron chi connectivity index (χ4n) is 1.95. The van der Waals surface area contributed by atoms with Crippen LogP contribution in [0, 0.1) is 5.92 Å². The summed E-state index contributed by atoms with van der Waals surface area (Å²) in [6, 6.07) is 2.13. The molecular formula is C13H22N2O. The van der Waals surface area contributed by atoms with Crippen LogP contribution in [-0.2, 0) is 24.2 Å². The van der Waals surface area contributed by atoms with Crippen LogP contribution in [0.5, 0.6) is 0 Å². The second kappa shape index (κ2) is 5.83. The number of carbonyl (C=O) groups is 1. The van der Waals surface area contributed by atoms with Gasteiger partial charge in [0.05, 0.1) is 5.69 Å². The molecule has 0 N–H and O–H groups in total. The van der Waals surface area contributed by atoms with Crippen LogP contribution in [0.2, 0.25) is 0 Å². The van der Waals surface area contributed by atoms with Crippen molar-refractivity contribution in [2.24, 2.45) is 5.92 Å².